The minimum absolute atomic E-state index is 0. The van der Waals surface area contributed by atoms with Crippen molar-refractivity contribution in [2.45, 2.75) is 0 Å². The summed E-state index contributed by atoms with van der Waals surface area (Å²) in [4.78, 5) is 0. The van der Waals surface area contributed by atoms with E-state index in [2.05, 4.69) is 27.4 Å². The van der Waals surface area contributed by atoms with Gasteiger partial charge in [-0.25, -0.2) is 0 Å². The first-order valence-corrected chi connectivity index (χ1v) is 7.12. The Morgan fingerprint density at radius 1 is 0.958 bits per heavy atom. The molecule has 0 saturated heterocycles. The SMILES string of the molecule is Cn1cnnc1-c1[c-]cccc1.[Ir].[c-]1ccccc1-n1cccn1. The standard InChI is InChI=1S/C9H8N3.C9H7N2.Ir/c1-12-7-10-11-9(12)8-5-3-2-4-6-8;1-2-5-9(6-3-1)11-8-4-7-10-11;/h2-5,7H,1H3;1-5,7-8H;/q2*-1;. The normalized spacial score (nSPS) is 9.54. The van der Waals surface area contributed by atoms with Gasteiger partial charge in [0, 0.05) is 39.5 Å². The second-order valence-electron chi connectivity index (χ2n) is 4.74. The van der Waals surface area contributed by atoms with Crippen LogP contribution in [0.15, 0.2) is 73.3 Å². The van der Waals surface area contributed by atoms with Crippen LogP contribution in [0.4, 0.5) is 0 Å². The van der Waals surface area contributed by atoms with Crippen molar-refractivity contribution >= 4 is 0 Å². The van der Waals surface area contributed by atoms with Gasteiger partial charge in [0.1, 0.15) is 6.33 Å². The van der Waals surface area contributed by atoms with Crippen LogP contribution in [0.3, 0.4) is 0 Å². The van der Waals surface area contributed by atoms with Crippen LogP contribution in [0.1, 0.15) is 0 Å². The third-order valence-electron chi connectivity index (χ3n) is 3.11. The van der Waals surface area contributed by atoms with Crippen molar-refractivity contribution in [3.05, 3.63) is 85.5 Å². The number of benzene rings is 2. The second-order valence-corrected chi connectivity index (χ2v) is 4.74. The second kappa shape index (κ2) is 8.91. The number of aromatic nitrogens is 5. The Morgan fingerprint density at radius 2 is 1.75 bits per heavy atom. The fourth-order valence-corrected chi connectivity index (χ4v) is 2.00. The summed E-state index contributed by atoms with van der Waals surface area (Å²) in [5.41, 5.74) is 1.94. The van der Waals surface area contributed by atoms with Gasteiger partial charge in [-0.15, -0.1) is 47.1 Å². The van der Waals surface area contributed by atoms with E-state index in [1.54, 1.807) is 17.2 Å². The van der Waals surface area contributed by atoms with Crippen LogP contribution in [-0.4, -0.2) is 24.5 Å². The van der Waals surface area contributed by atoms with Crippen LogP contribution >= 0.6 is 0 Å². The van der Waals surface area contributed by atoms with E-state index in [4.69, 9.17) is 0 Å². The van der Waals surface area contributed by atoms with Crippen molar-refractivity contribution in [2.24, 2.45) is 7.05 Å². The van der Waals surface area contributed by atoms with Gasteiger partial charge in [0.05, 0.1) is 5.82 Å². The molecule has 2 aromatic carbocycles. The first kappa shape index (κ1) is 17.8. The zero-order valence-electron chi connectivity index (χ0n) is 13.0. The van der Waals surface area contributed by atoms with Crippen molar-refractivity contribution < 1.29 is 20.1 Å². The summed E-state index contributed by atoms with van der Waals surface area (Å²) in [5, 5.41) is 11.8. The number of nitrogens with zero attached hydrogens (tertiary/aromatic N) is 5. The molecule has 0 saturated carbocycles. The fourth-order valence-electron chi connectivity index (χ4n) is 2.00. The smallest absolute Gasteiger partial charge is 0.110 e. The predicted molar refractivity (Wildman–Crippen MR) is 87.7 cm³/mol. The summed E-state index contributed by atoms with van der Waals surface area (Å²) in [5.74, 6) is 0.843. The maximum atomic E-state index is 4.07. The number of aryl methyl sites for hydroxylation is 1. The van der Waals surface area contributed by atoms with Gasteiger partial charge in [0.2, 0.25) is 0 Å². The van der Waals surface area contributed by atoms with E-state index < -0.39 is 0 Å². The molecule has 4 aromatic rings. The molecular formula is C18H15IrN5-2. The molecule has 6 heteroatoms. The molecule has 0 aliphatic carbocycles. The van der Waals surface area contributed by atoms with Crippen molar-refractivity contribution in [3.8, 4) is 17.1 Å². The van der Waals surface area contributed by atoms with Crippen LogP contribution in [0.25, 0.3) is 17.1 Å². The summed E-state index contributed by atoms with van der Waals surface area (Å²) >= 11 is 0. The van der Waals surface area contributed by atoms with E-state index in [-0.39, 0.29) is 20.1 Å². The first-order chi connectivity index (χ1) is 11.3. The Balaban J connectivity index is 0.000000167. The molecule has 0 atom stereocenters. The summed E-state index contributed by atoms with van der Waals surface area (Å²) < 4.78 is 3.64. The molecule has 0 amide bonds. The van der Waals surface area contributed by atoms with Crippen molar-refractivity contribution in [1.29, 1.82) is 0 Å². The van der Waals surface area contributed by atoms with E-state index in [9.17, 15) is 0 Å². The molecule has 0 unspecified atom stereocenters. The van der Waals surface area contributed by atoms with Gasteiger partial charge in [-0.05, 0) is 11.8 Å². The van der Waals surface area contributed by atoms with Crippen LogP contribution in [0, 0.1) is 12.1 Å². The molecule has 0 N–H and O–H groups in total. The number of rotatable bonds is 2. The monoisotopic (exact) mass is 494 g/mol. The van der Waals surface area contributed by atoms with Crippen LogP contribution in [0.2, 0.25) is 0 Å². The molecule has 0 aliphatic heterocycles. The van der Waals surface area contributed by atoms with E-state index in [1.807, 2.05) is 72.4 Å². The number of hydrogen-bond acceptors (Lipinski definition) is 3. The molecule has 4 rings (SSSR count). The average Bonchev–Trinajstić information content (AvgIpc) is 3.29. The van der Waals surface area contributed by atoms with E-state index in [1.165, 1.54) is 0 Å². The topological polar surface area (TPSA) is 48.5 Å². The van der Waals surface area contributed by atoms with Gasteiger partial charge in [0.15, 0.2) is 0 Å². The average molecular weight is 494 g/mol. The molecule has 0 spiro atoms. The van der Waals surface area contributed by atoms with Gasteiger partial charge in [-0.3, -0.25) is 4.68 Å². The molecule has 24 heavy (non-hydrogen) atoms. The Hall–Kier alpha value is -2.56. The largest absolute Gasteiger partial charge is 0.357 e. The Morgan fingerprint density at radius 3 is 2.29 bits per heavy atom. The number of hydrogen-bond donors (Lipinski definition) is 0. The van der Waals surface area contributed by atoms with E-state index in [0.717, 1.165) is 17.1 Å². The first-order valence-electron chi connectivity index (χ1n) is 7.12. The molecule has 2 aromatic heterocycles. The van der Waals surface area contributed by atoms with Crippen molar-refractivity contribution in [3.63, 3.8) is 0 Å². The van der Waals surface area contributed by atoms with Gasteiger partial charge >= 0.3 is 0 Å². The predicted octanol–water partition coefficient (Wildman–Crippen LogP) is 2.95. The molecule has 2 heterocycles. The molecule has 123 valence electrons. The quantitative estimate of drug-likeness (QED) is 0.404. The van der Waals surface area contributed by atoms with Gasteiger partial charge < -0.3 is 4.57 Å². The molecular weight excluding hydrogens is 478 g/mol. The fraction of sp³-hybridized carbons (Fsp3) is 0.0556. The summed E-state index contributed by atoms with van der Waals surface area (Å²) in [6.07, 6.45) is 5.32. The van der Waals surface area contributed by atoms with E-state index in [0.29, 0.717) is 0 Å². The van der Waals surface area contributed by atoms with Crippen LogP contribution < -0.4 is 0 Å². The molecule has 0 bridgehead atoms. The van der Waals surface area contributed by atoms with Gasteiger partial charge in [-0.1, -0.05) is 0 Å². The van der Waals surface area contributed by atoms with Crippen molar-refractivity contribution in [2.75, 3.05) is 0 Å². The maximum absolute atomic E-state index is 4.07. The summed E-state index contributed by atoms with van der Waals surface area (Å²) in [7, 11) is 1.91. The van der Waals surface area contributed by atoms with E-state index >= 15 is 0 Å². The van der Waals surface area contributed by atoms with Crippen molar-refractivity contribution in [1.82, 2.24) is 24.5 Å². The molecule has 0 fully saturated rings. The van der Waals surface area contributed by atoms with Crippen LogP contribution in [-0.2, 0) is 27.2 Å². The zero-order chi connectivity index (χ0) is 15.9. The number of para-hydroxylation sites is 1. The van der Waals surface area contributed by atoms with Gasteiger partial charge in [0.25, 0.3) is 0 Å². The maximum Gasteiger partial charge on any atom is 0.110 e. The molecule has 0 aliphatic rings. The van der Waals surface area contributed by atoms with Gasteiger partial charge in [-0.2, -0.15) is 34.5 Å². The molecule has 5 nitrogen and oxygen atoms in total. The third kappa shape index (κ3) is 4.47. The minimum Gasteiger partial charge on any atom is -0.357 e. The Kier molecular flexibility index (Phi) is 6.61. The summed E-state index contributed by atoms with van der Waals surface area (Å²) in [6, 6.07) is 23.5. The Bertz CT molecular complexity index is 826. The minimum atomic E-state index is 0. The Labute approximate surface area is 154 Å². The molecule has 1 radical (unpaired) electrons. The van der Waals surface area contributed by atoms with Crippen LogP contribution in [0.5, 0.6) is 0 Å². The summed E-state index contributed by atoms with van der Waals surface area (Å²) in [6.45, 7) is 0. The third-order valence-corrected chi connectivity index (χ3v) is 3.11. The zero-order valence-corrected chi connectivity index (χ0v) is 15.4.